The Morgan fingerprint density at radius 1 is 1.35 bits per heavy atom. The smallest absolute Gasteiger partial charge is 0.0818 e. The van der Waals surface area contributed by atoms with Crippen molar-refractivity contribution >= 4 is 0 Å². The summed E-state index contributed by atoms with van der Waals surface area (Å²) in [4.78, 5) is 0. The first-order valence-electron chi connectivity index (χ1n) is 5.91. The third kappa shape index (κ3) is 5.79. The summed E-state index contributed by atoms with van der Waals surface area (Å²) in [6.45, 7) is 1.86. The lowest BCUT2D eigenvalue weighted by atomic mass is 10.0. The number of aliphatic hydroxyl groups is 1. The highest BCUT2D eigenvalue weighted by Gasteiger charge is 2.14. The van der Waals surface area contributed by atoms with Gasteiger partial charge in [0, 0.05) is 26.2 Å². The zero-order valence-corrected chi connectivity index (χ0v) is 10.3. The van der Waals surface area contributed by atoms with Crippen LogP contribution in [0.5, 0.6) is 0 Å². The van der Waals surface area contributed by atoms with Crippen LogP contribution in [0.1, 0.15) is 5.56 Å². The molecule has 4 N–H and O–H groups in total. The summed E-state index contributed by atoms with van der Waals surface area (Å²) >= 11 is 0. The second kappa shape index (κ2) is 8.20. The minimum atomic E-state index is -0.535. The van der Waals surface area contributed by atoms with Gasteiger partial charge in [-0.05, 0) is 12.0 Å². The van der Waals surface area contributed by atoms with Crippen molar-refractivity contribution in [3.63, 3.8) is 0 Å². The van der Waals surface area contributed by atoms with Crippen LogP contribution in [0.15, 0.2) is 30.3 Å². The lowest BCUT2D eigenvalue weighted by Crippen LogP contribution is -2.43. The van der Waals surface area contributed by atoms with Crippen molar-refractivity contribution in [3.05, 3.63) is 35.9 Å². The normalized spacial score (nSPS) is 14.5. The fraction of sp³-hybridized carbons (Fsp3) is 0.538. The summed E-state index contributed by atoms with van der Waals surface area (Å²) in [5, 5.41) is 12.9. The molecule has 0 aliphatic heterocycles. The van der Waals surface area contributed by atoms with Gasteiger partial charge in [-0.25, -0.2) is 0 Å². The Balaban J connectivity index is 2.24. The monoisotopic (exact) mass is 238 g/mol. The average molecular weight is 238 g/mol. The fourth-order valence-corrected chi connectivity index (χ4v) is 1.60. The van der Waals surface area contributed by atoms with Crippen LogP contribution < -0.4 is 11.1 Å². The van der Waals surface area contributed by atoms with Crippen molar-refractivity contribution in [2.24, 2.45) is 5.73 Å². The summed E-state index contributed by atoms with van der Waals surface area (Å²) < 4.78 is 4.90. The van der Waals surface area contributed by atoms with E-state index in [0.717, 1.165) is 12.1 Å². The van der Waals surface area contributed by atoms with Crippen LogP contribution in [0.2, 0.25) is 0 Å². The number of nitrogens with one attached hydrogen (secondary N) is 1. The summed E-state index contributed by atoms with van der Waals surface area (Å²) in [7, 11) is 1.65. The van der Waals surface area contributed by atoms with Crippen molar-refractivity contribution < 1.29 is 9.84 Å². The van der Waals surface area contributed by atoms with Gasteiger partial charge >= 0.3 is 0 Å². The molecule has 4 nitrogen and oxygen atoms in total. The van der Waals surface area contributed by atoms with Crippen LogP contribution in [-0.2, 0) is 11.2 Å². The van der Waals surface area contributed by atoms with Gasteiger partial charge in [0.2, 0.25) is 0 Å². The predicted molar refractivity (Wildman–Crippen MR) is 68.9 cm³/mol. The predicted octanol–water partition coefficient (Wildman–Crippen LogP) is 0.153. The van der Waals surface area contributed by atoms with E-state index in [1.165, 1.54) is 0 Å². The molecule has 0 saturated heterocycles. The molecule has 0 aliphatic carbocycles. The van der Waals surface area contributed by atoms with E-state index >= 15 is 0 Å². The molecule has 2 unspecified atom stereocenters. The second-order valence-electron chi connectivity index (χ2n) is 4.12. The van der Waals surface area contributed by atoms with Crippen LogP contribution in [0, 0.1) is 0 Å². The van der Waals surface area contributed by atoms with Gasteiger partial charge in [0.15, 0.2) is 0 Å². The first-order chi connectivity index (χ1) is 8.24. The van der Waals surface area contributed by atoms with E-state index in [9.17, 15) is 5.11 Å². The molecular weight excluding hydrogens is 216 g/mol. The molecule has 0 spiro atoms. The Morgan fingerprint density at radius 3 is 2.71 bits per heavy atom. The molecule has 0 aliphatic rings. The number of methoxy groups -OCH3 is 1. The summed E-state index contributed by atoms with van der Waals surface area (Å²) in [6, 6.07) is 9.72. The third-order valence-corrected chi connectivity index (χ3v) is 2.64. The largest absolute Gasteiger partial charge is 0.390 e. The van der Waals surface area contributed by atoms with E-state index in [1.807, 2.05) is 30.3 Å². The van der Waals surface area contributed by atoms with Crippen LogP contribution >= 0.6 is 0 Å². The van der Waals surface area contributed by atoms with Crippen molar-refractivity contribution in [1.82, 2.24) is 5.32 Å². The highest BCUT2D eigenvalue weighted by molar-refractivity contribution is 5.16. The van der Waals surface area contributed by atoms with E-state index in [1.54, 1.807) is 7.11 Å². The highest BCUT2D eigenvalue weighted by Crippen LogP contribution is 2.04. The first-order valence-corrected chi connectivity index (χ1v) is 5.91. The molecule has 0 bridgehead atoms. The summed E-state index contributed by atoms with van der Waals surface area (Å²) in [5.41, 5.74) is 7.09. The van der Waals surface area contributed by atoms with Gasteiger partial charge in [-0.1, -0.05) is 30.3 Å². The minimum absolute atomic E-state index is 0.243. The highest BCUT2D eigenvalue weighted by atomic mass is 16.5. The lowest BCUT2D eigenvalue weighted by molar-refractivity contribution is 0.135. The maximum Gasteiger partial charge on any atom is 0.0818 e. The number of rotatable bonds is 8. The number of hydrogen-bond donors (Lipinski definition) is 3. The topological polar surface area (TPSA) is 67.5 Å². The summed E-state index contributed by atoms with van der Waals surface area (Å²) in [6.07, 6.45) is 0.153. The number of hydrogen-bond acceptors (Lipinski definition) is 4. The standard InChI is InChI=1S/C13H22N2O2/c1-17-8-7-15-10-13(16)12(14)9-11-5-3-2-4-6-11/h2-6,12-13,15-16H,7-10,14H2,1H3. The van der Waals surface area contributed by atoms with E-state index in [4.69, 9.17) is 10.5 Å². The Hall–Kier alpha value is -0.940. The van der Waals surface area contributed by atoms with E-state index in [0.29, 0.717) is 19.6 Å². The Morgan fingerprint density at radius 2 is 2.06 bits per heavy atom. The van der Waals surface area contributed by atoms with Crippen molar-refractivity contribution in [2.75, 3.05) is 26.8 Å². The SMILES string of the molecule is COCCNCC(O)C(N)Cc1ccccc1. The van der Waals surface area contributed by atoms with Gasteiger partial charge in [0.05, 0.1) is 12.7 Å². The molecule has 0 amide bonds. The zero-order chi connectivity index (χ0) is 12.5. The summed E-state index contributed by atoms with van der Waals surface area (Å²) in [5.74, 6) is 0. The quantitative estimate of drug-likeness (QED) is 0.564. The molecule has 0 heterocycles. The molecule has 1 aromatic carbocycles. The molecule has 17 heavy (non-hydrogen) atoms. The van der Waals surface area contributed by atoms with E-state index in [2.05, 4.69) is 5.32 Å². The van der Waals surface area contributed by atoms with Crippen molar-refractivity contribution in [1.29, 1.82) is 0 Å². The Bertz CT molecular complexity index is 293. The molecule has 96 valence electrons. The molecule has 1 aromatic rings. The van der Waals surface area contributed by atoms with Crippen LogP contribution in [-0.4, -0.2) is 44.1 Å². The molecule has 0 fully saturated rings. The molecule has 0 aromatic heterocycles. The van der Waals surface area contributed by atoms with Gasteiger partial charge < -0.3 is 20.9 Å². The fourth-order valence-electron chi connectivity index (χ4n) is 1.60. The number of nitrogens with two attached hydrogens (primary N) is 1. The maximum atomic E-state index is 9.85. The molecule has 1 rings (SSSR count). The average Bonchev–Trinajstić information content (AvgIpc) is 2.35. The molecule has 2 atom stereocenters. The number of benzene rings is 1. The molecule has 0 radical (unpaired) electrons. The van der Waals surface area contributed by atoms with Crippen LogP contribution in [0.3, 0.4) is 0 Å². The van der Waals surface area contributed by atoms with Gasteiger partial charge in [0.1, 0.15) is 0 Å². The number of ether oxygens (including phenoxy) is 1. The van der Waals surface area contributed by atoms with Gasteiger partial charge in [0.25, 0.3) is 0 Å². The number of aliphatic hydroxyl groups excluding tert-OH is 1. The van der Waals surface area contributed by atoms with Gasteiger partial charge in [-0.2, -0.15) is 0 Å². The Labute approximate surface area is 103 Å². The van der Waals surface area contributed by atoms with Crippen molar-refractivity contribution in [2.45, 2.75) is 18.6 Å². The van der Waals surface area contributed by atoms with Gasteiger partial charge in [-0.15, -0.1) is 0 Å². The Kier molecular flexibility index (Phi) is 6.81. The second-order valence-corrected chi connectivity index (χ2v) is 4.12. The van der Waals surface area contributed by atoms with Gasteiger partial charge in [-0.3, -0.25) is 0 Å². The molecule has 4 heteroatoms. The van der Waals surface area contributed by atoms with E-state index in [-0.39, 0.29) is 6.04 Å². The third-order valence-electron chi connectivity index (χ3n) is 2.64. The lowest BCUT2D eigenvalue weighted by Gasteiger charge is -2.19. The zero-order valence-electron chi connectivity index (χ0n) is 10.3. The maximum absolute atomic E-state index is 9.85. The van der Waals surface area contributed by atoms with Crippen LogP contribution in [0.4, 0.5) is 0 Å². The minimum Gasteiger partial charge on any atom is -0.390 e. The first kappa shape index (κ1) is 14.1. The van der Waals surface area contributed by atoms with Crippen LogP contribution in [0.25, 0.3) is 0 Å². The van der Waals surface area contributed by atoms with E-state index < -0.39 is 6.10 Å². The molecular formula is C13H22N2O2. The molecule has 0 saturated carbocycles. The van der Waals surface area contributed by atoms with Crippen molar-refractivity contribution in [3.8, 4) is 0 Å².